The molecule has 1 aromatic rings. The molecule has 132 valence electrons. The van der Waals surface area contributed by atoms with Gasteiger partial charge in [0.25, 0.3) is 6.47 Å². The Hall–Kier alpha value is -3.18. The van der Waals surface area contributed by atoms with E-state index in [0.29, 0.717) is 13.7 Å². The summed E-state index contributed by atoms with van der Waals surface area (Å²) in [6.07, 6.45) is -1.09. The van der Waals surface area contributed by atoms with E-state index in [9.17, 15) is 28.8 Å². The summed E-state index contributed by atoms with van der Waals surface area (Å²) in [7, 11) is 0. The molecule has 0 atom stereocenters. The fourth-order valence-electron chi connectivity index (χ4n) is 1.86. The average Bonchev–Trinajstić information content (AvgIpc) is 2.49. The summed E-state index contributed by atoms with van der Waals surface area (Å²) in [6, 6.07) is 0. The zero-order valence-electron chi connectivity index (χ0n) is 12.4. The Morgan fingerprint density at radius 1 is 0.833 bits per heavy atom. The Balaban J connectivity index is 3.40. The molecular weight excluding hydrogens is 330 g/mol. The van der Waals surface area contributed by atoms with Crippen molar-refractivity contribution in [3.8, 4) is 0 Å². The van der Waals surface area contributed by atoms with Gasteiger partial charge in [0.1, 0.15) is 6.61 Å². The summed E-state index contributed by atoms with van der Waals surface area (Å²) in [4.78, 5) is 67.9. The Labute approximate surface area is 133 Å². The monoisotopic (exact) mass is 345 g/mol. The number of carboxylic acids is 2. The van der Waals surface area contributed by atoms with Gasteiger partial charge in [-0.3, -0.25) is 14.4 Å². The maximum atomic E-state index is 12.2. The summed E-state index contributed by atoms with van der Waals surface area (Å²) in [5.41, 5.74) is -3.22. The van der Waals surface area contributed by atoms with Gasteiger partial charge in [-0.25, -0.2) is 28.1 Å². The van der Waals surface area contributed by atoms with Crippen LogP contribution in [0, 0.1) is 0 Å². The van der Waals surface area contributed by atoms with Crippen molar-refractivity contribution < 1.29 is 29.3 Å². The maximum Gasteiger partial charge on any atom is 0.336 e. The lowest BCUT2D eigenvalue weighted by Gasteiger charge is -2.12. The number of carboxylic acid groups (broad SMARTS) is 2. The van der Waals surface area contributed by atoms with Gasteiger partial charge in [-0.1, -0.05) is 0 Å². The fourth-order valence-corrected chi connectivity index (χ4v) is 1.86. The van der Waals surface area contributed by atoms with Crippen LogP contribution in [0.5, 0.6) is 0 Å². The van der Waals surface area contributed by atoms with Gasteiger partial charge >= 0.3 is 29.0 Å². The third-order valence-corrected chi connectivity index (χ3v) is 2.98. The van der Waals surface area contributed by atoms with Crippen LogP contribution in [-0.2, 0) is 38.8 Å². The van der Waals surface area contributed by atoms with Crippen LogP contribution in [0.4, 0.5) is 0 Å². The van der Waals surface area contributed by atoms with Gasteiger partial charge in [-0.05, 0) is 0 Å². The van der Waals surface area contributed by atoms with E-state index in [4.69, 9.17) is 10.2 Å². The molecule has 24 heavy (non-hydrogen) atoms. The molecule has 0 fully saturated rings. The minimum Gasteiger partial charge on any atom is -0.481 e. The second-order valence-corrected chi connectivity index (χ2v) is 4.56. The SMILES string of the molecule is O=COCCn1c(=O)n(CCC(=O)O)c(=O)n(CCC(=O)O)c1=O. The molecule has 0 bridgehead atoms. The molecule has 12 heteroatoms. The first-order valence-electron chi connectivity index (χ1n) is 6.73. The standard InChI is InChI=1S/C12H15N3O9/c16-7-24-6-5-15-11(22)13(3-1-8(17)18)10(21)14(12(15)23)4-2-9(19)20/h7H,1-6H2,(H,17,18)(H,19,20). The van der Waals surface area contributed by atoms with Crippen molar-refractivity contribution in [1.29, 1.82) is 0 Å². The number of rotatable bonds is 10. The lowest BCUT2D eigenvalue weighted by Crippen LogP contribution is -2.55. The van der Waals surface area contributed by atoms with Crippen LogP contribution in [0.25, 0.3) is 0 Å². The number of nitrogens with zero attached hydrogens (tertiary/aromatic N) is 3. The lowest BCUT2D eigenvalue weighted by molar-refractivity contribution is -0.138. The van der Waals surface area contributed by atoms with Crippen LogP contribution in [0.2, 0.25) is 0 Å². The van der Waals surface area contributed by atoms with Crippen molar-refractivity contribution in [2.24, 2.45) is 0 Å². The van der Waals surface area contributed by atoms with Crippen LogP contribution in [-0.4, -0.2) is 48.9 Å². The second kappa shape index (κ2) is 8.45. The summed E-state index contributed by atoms with van der Waals surface area (Å²) in [5, 5.41) is 17.3. The third kappa shape index (κ3) is 4.66. The lowest BCUT2D eigenvalue weighted by atomic mass is 10.4. The topological polar surface area (TPSA) is 167 Å². The van der Waals surface area contributed by atoms with Crippen molar-refractivity contribution in [2.45, 2.75) is 32.5 Å². The number of carbonyl (C=O) groups is 3. The van der Waals surface area contributed by atoms with Crippen LogP contribution in [0.15, 0.2) is 14.4 Å². The number of ether oxygens (including phenoxy) is 1. The predicted octanol–water partition coefficient (Wildman–Crippen LogP) is -2.71. The van der Waals surface area contributed by atoms with Crippen LogP contribution < -0.4 is 17.1 Å². The molecule has 0 saturated carbocycles. The molecule has 0 radical (unpaired) electrons. The third-order valence-electron chi connectivity index (χ3n) is 2.98. The van der Waals surface area contributed by atoms with E-state index >= 15 is 0 Å². The van der Waals surface area contributed by atoms with Gasteiger partial charge < -0.3 is 14.9 Å². The van der Waals surface area contributed by atoms with Gasteiger partial charge in [0.2, 0.25) is 0 Å². The largest absolute Gasteiger partial charge is 0.481 e. The van der Waals surface area contributed by atoms with Gasteiger partial charge in [0.05, 0.1) is 19.4 Å². The van der Waals surface area contributed by atoms with E-state index in [1.165, 1.54) is 0 Å². The first-order chi connectivity index (χ1) is 11.3. The van der Waals surface area contributed by atoms with Crippen molar-refractivity contribution in [2.75, 3.05) is 6.61 Å². The highest BCUT2D eigenvalue weighted by Gasteiger charge is 2.16. The van der Waals surface area contributed by atoms with E-state index in [0.717, 1.165) is 0 Å². The van der Waals surface area contributed by atoms with E-state index in [2.05, 4.69) is 4.74 Å². The molecule has 1 rings (SSSR count). The second-order valence-electron chi connectivity index (χ2n) is 4.56. The molecule has 1 heterocycles. The first-order valence-corrected chi connectivity index (χ1v) is 6.73. The van der Waals surface area contributed by atoms with E-state index in [1.807, 2.05) is 0 Å². The molecule has 0 amide bonds. The molecule has 12 nitrogen and oxygen atoms in total. The van der Waals surface area contributed by atoms with E-state index < -0.39 is 54.9 Å². The molecule has 0 saturated heterocycles. The van der Waals surface area contributed by atoms with E-state index in [1.54, 1.807) is 0 Å². The summed E-state index contributed by atoms with van der Waals surface area (Å²) in [5.74, 6) is -2.53. The van der Waals surface area contributed by atoms with Crippen molar-refractivity contribution in [1.82, 2.24) is 13.7 Å². The van der Waals surface area contributed by atoms with E-state index in [-0.39, 0.29) is 19.6 Å². The smallest absolute Gasteiger partial charge is 0.336 e. The highest BCUT2D eigenvalue weighted by molar-refractivity contribution is 5.66. The van der Waals surface area contributed by atoms with Gasteiger partial charge in [0, 0.05) is 13.1 Å². The predicted molar refractivity (Wildman–Crippen MR) is 75.7 cm³/mol. The maximum absolute atomic E-state index is 12.2. The zero-order valence-corrected chi connectivity index (χ0v) is 12.4. The average molecular weight is 345 g/mol. The Morgan fingerprint density at radius 3 is 1.54 bits per heavy atom. The van der Waals surface area contributed by atoms with Crippen molar-refractivity contribution in [3.05, 3.63) is 31.5 Å². The van der Waals surface area contributed by atoms with Gasteiger partial charge in [0.15, 0.2) is 0 Å². The van der Waals surface area contributed by atoms with Gasteiger partial charge in [-0.15, -0.1) is 0 Å². The van der Waals surface area contributed by atoms with Crippen LogP contribution >= 0.6 is 0 Å². The molecule has 0 aliphatic carbocycles. The molecule has 0 aliphatic rings. The highest BCUT2D eigenvalue weighted by atomic mass is 16.5. The summed E-state index contributed by atoms with van der Waals surface area (Å²) in [6.45, 7) is -1.57. The van der Waals surface area contributed by atoms with Crippen molar-refractivity contribution in [3.63, 3.8) is 0 Å². The number of carbonyl (C=O) groups excluding carboxylic acids is 1. The number of hydrogen-bond donors (Lipinski definition) is 2. The van der Waals surface area contributed by atoms with Crippen molar-refractivity contribution >= 4 is 18.4 Å². The highest BCUT2D eigenvalue weighted by Crippen LogP contribution is 1.86. The normalized spacial score (nSPS) is 10.3. The number of aromatic nitrogens is 3. The Morgan fingerprint density at radius 2 is 1.21 bits per heavy atom. The summed E-state index contributed by atoms with van der Waals surface area (Å²) >= 11 is 0. The zero-order chi connectivity index (χ0) is 18.3. The van der Waals surface area contributed by atoms with Crippen LogP contribution in [0.3, 0.4) is 0 Å². The molecule has 1 aromatic heterocycles. The quantitative estimate of drug-likeness (QED) is 0.338. The molecule has 0 spiro atoms. The minimum atomic E-state index is -1.26. The van der Waals surface area contributed by atoms with Gasteiger partial charge in [-0.2, -0.15) is 0 Å². The number of aliphatic carboxylic acids is 2. The molecule has 2 N–H and O–H groups in total. The summed E-state index contributed by atoms with van der Waals surface area (Å²) < 4.78 is 6.02. The minimum absolute atomic E-state index is 0.106. The Kier molecular flexibility index (Phi) is 6.64. The fraction of sp³-hybridized carbons (Fsp3) is 0.500. The first kappa shape index (κ1) is 18.9. The van der Waals surface area contributed by atoms with Crippen LogP contribution in [0.1, 0.15) is 12.8 Å². The molecule has 0 aliphatic heterocycles. The Bertz CT molecular complexity index is 745. The number of hydrogen-bond acceptors (Lipinski definition) is 7. The molecule has 0 aromatic carbocycles. The molecule has 0 unspecified atom stereocenters. The molecular formula is C12H15N3O9.